The summed E-state index contributed by atoms with van der Waals surface area (Å²) in [5.74, 6) is -0.241. The van der Waals surface area contributed by atoms with E-state index in [9.17, 15) is 14.5 Å². The molecule has 4 aromatic rings. The van der Waals surface area contributed by atoms with Crippen LogP contribution in [0.4, 0.5) is 0 Å². The van der Waals surface area contributed by atoms with E-state index in [0.29, 0.717) is 23.1 Å². The van der Waals surface area contributed by atoms with E-state index in [1.807, 2.05) is 55.5 Å². The summed E-state index contributed by atoms with van der Waals surface area (Å²) in [5, 5.41) is 4.91. The zero-order valence-corrected chi connectivity index (χ0v) is 16.8. The molecule has 0 N–H and O–H groups in total. The van der Waals surface area contributed by atoms with Gasteiger partial charge in [-0.3, -0.25) is 9.59 Å². The number of fused-ring (bicyclic) bond motifs is 5. The summed E-state index contributed by atoms with van der Waals surface area (Å²) < 4.78 is 2.18. The molecule has 5 nitrogen and oxygen atoms in total. The lowest BCUT2D eigenvalue weighted by molar-refractivity contribution is 0.0974. The van der Waals surface area contributed by atoms with E-state index >= 15 is 0 Å². The molecule has 1 aromatic heterocycles. The first-order valence-electron chi connectivity index (χ1n) is 10.1. The second-order valence-corrected chi connectivity index (χ2v) is 7.80. The molecule has 0 saturated carbocycles. The second kappa shape index (κ2) is 6.73. The van der Waals surface area contributed by atoms with Crippen LogP contribution in [0.15, 0.2) is 59.8 Å². The highest BCUT2D eigenvalue weighted by molar-refractivity contribution is 6.18. The molecule has 0 aliphatic heterocycles. The summed E-state index contributed by atoms with van der Waals surface area (Å²) in [7, 11) is 0. The van der Waals surface area contributed by atoms with Gasteiger partial charge in [-0.2, -0.15) is 4.91 Å². The molecule has 1 aliphatic rings. The first kappa shape index (κ1) is 18.4. The normalized spacial score (nSPS) is 15.7. The predicted molar refractivity (Wildman–Crippen MR) is 117 cm³/mol. The fraction of sp³-hybridized carbons (Fsp3) is 0.200. The zero-order chi connectivity index (χ0) is 21.0. The third-order valence-corrected chi connectivity index (χ3v) is 6.20. The van der Waals surface area contributed by atoms with Crippen LogP contribution < -0.4 is 0 Å². The smallest absolute Gasteiger partial charge is 0.193 e. The van der Waals surface area contributed by atoms with Crippen molar-refractivity contribution in [2.24, 2.45) is 5.18 Å². The number of hydrogen-bond acceptors (Lipinski definition) is 4. The van der Waals surface area contributed by atoms with Crippen molar-refractivity contribution in [1.82, 2.24) is 4.57 Å². The zero-order valence-electron chi connectivity index (χ0n) is 16.8. The largest absolute Gasteiger partial charge is 0.341 e. The maximum atomic E-state index is 13.2. The van der Waals surface area contributed by atoms with Crippen molar-refractivity contribution < 1.29 is 9.59 Å². The Kier molecular flexibility index (Phi) is 4.13. The van der Waals surface area contributed by atoms with Crippen LogP contribution in [-0.2, 0) is 13.0 Å². The summed E-state index contributed by atoms with van der Waals surface area (Å²) in [4.78, 5) is 36.9. The van der Waals surface area contributed by atoms with Crippen molar-refractivity contribution in [3.05, 3.63) is 87.3 Å². The van der Waals surface area contributed by atoms with Crippen LogP contribution >= 0.6 is 0 Å². The molecule has 0 saturated heterocycles. The maximum Gasteiger partial charge on any atom is 0.193 e. The monoisotopic (exact) mass is 396 g/mol. The molecule has 0 fully saturated rings. The van der Waals surface area contributed by atoms with Crippen LogP contribution in [0.25, 0.3) is 21.8 Å². The minimum Gasteiger partial charge on any atom is -0.341 e. The van der Waals surface area contributed by atoms with Crippen LogP contribution in [0.2, 0.25) is 0 Å². The lowest BCUT2D eigenvalue weighted by atomic mass is 9.96. The van der Waals surface area contributed by atoms with E-state index in [1.54, 1.807) is 6.07 Å². The lowest BCUT2D eigenvalue weighted by Gasteiger charge is -2.06. The van der Waals surface area contributed by atoms with E-state index in [0.717, 1.165) is 39.5 Å². The number of nitroso groups, excluding NO2 is 1. The average Bonchev–Trinajstić information content (AvgIpc) is 3.27. The number of aromatic nitrogens is 1. The van der Waals surface area contributed by atoms with Crippen molar-refractivity contribution in [3.8, 4) is 0 Å². The summed E-state index contributed by atoms with van der Waals surface area (Å²) >= 11 is 0. The van der Waals surface area contributed by atoms with Gasteiger partial charge in [-0.1, -0.05) is 29.4 Å². The van der Waals surface area contributed by atoms with Gasteiger partial charge < -0.3 is 4.57 Å². The Morgan fingerprint density at radius 1 is 1.10 bits per heavy atom. The molecule has 5 heteroatoms. The third kappa shape index (κ3) is 2.48. The molecule has 5 rings (SSSR count). The number of ketones is 2. The number of benzene rings is 3. The van der Waals surface area contributed by atoms with E-state index in [4.69, 9.17) is 0 Å². The molecule has 0 bridgehead atoms. The number of rotatable bonds is 4. The number of aryl methyl sites for hydroxylation is 2. The predicted octanol–water partition coefficient (Wildman–Crippen LogP) is 5.23. The van der Waals surface area contributed by atoms with Crippen LogP contribution in [0, 0.1) is 11.8 Å². The fourth-order valence-corrected chi connectivity index (χ4v) is 4.72. The minimum absolute atomic E-state index is 0.0245. The molecule has 30 heavy (non-hydrogen) atoms. The molecule has 0 radical (unpaired) electrons. The molecule has 0 spiro atoms. The summed E-state index contributed by atoms with van der Waals surface area (Å²) in [6.07, 6.45) is 0.313. The number of nitrogens with zero attached hydrogens (tertiary/aromatic N) is 2. The molecular weight excluding hydrogens is 376 g/mol. The molecule has 3 aromatic carbocycles. The number of carbonyl (C=O) groups is 2. The highest BCUT2D eigenvalue weighted by atomic mass is 16.3. The number of carbonyl (C=O) groups excluding carboxylic acids is 2. The fourth-order valence-electron chi connectivity index (χ4n) is 4.72. The molecular formula is C25H20N2O3. The van der Waals surface area contributed by atoms with Crippen molar-refractivity contribution in [2.75, 3.05) is 0 Å². The molecule has 1 aliphatic carbocycles. The quantitative estimate of drug-likeness (QED) is 0.350. The Bertz CT molecular complexity index is 1380. The van der Waals surface area contributed by atoms with Gasteiger partial charge in [0.2, 0.25) is 0 Å². The van der Waals surface area contributed by atoms with Gasteiger partial charge in [-0.25, -0.2) is 0 Å². The maximum absolute atomic E-state index is 13.2. The van der Waals surface area contributed by atoms with Gasteiger partial charge in [0.1, 0.15) is 0 Å². The Morgan fingerprint density at radius 3 is 2.60 bits per heavy atom. The van der Waals surface area contributed by atoms with E-state index in [2.05, 4.69) is 16.7 Å². The Morgan fingerprint density at radius 2 is 1.87 bits per heavy atom. The average molecular weight is 396 g/mol. The van der Waals surface area contributed by atoms with E-state index in [-0.39, 0.29) is 11.6 Å². The molecule has 0 amide bonds. The Balaban J connectivity index is 1.79. The minimum atomic E-state index is -0.859. The molecule has 1 unspecified atom stereocenters. The Labute approximate surface area is 173 Å². The van der Waals surface area contributed by atoms with E-state index in [1.165, 1.54) is 0 Å². The van der Waals surface area contributed by atoms with Crippen LogP contribution in [-0.4, -0.2) is 22.2 Å². The standard InChI is InChI=1S/C25H20N2O3/c1-3-27-21-10-8-15(24(28)16-7-5-4-6-14(16)2)12-19(21)23-18-13-20(26-30)25(29)17(18)9-11-22(23)27/h4-12,20H,3,13H2,1-2H3. The third-order valence-electron chi connectivity index (χ3n) is 6.20. The van der Waals surface area contributed by atoms with Gasteiger partial charge in [-0.05, 0) is 55.3 Å². The topological polar surface area (TPSA) is 68.5 Å². The van der Waals surface area contributed by atoms with Gasteiger partial charge in [-0.15, -0.1) is 0 Å². The summed E-state index contributed by atoms with van der Waals surface area (Å²) in [6, 6.07) is 16.2. The molecule has 1 atom stereocenters. The summed E-state index contributed by atoms with van der Waals surface area (Å²) in [6.45, 7) is 4.76. The molecule has 148 valence electrons. The van der Waals surface area contributed by atoms with Crippen LogP contribution in [0.3, 0.4) is 0 Å². The Hall–Kier alpha value is -3.60. The highest BCUT2D eigenvalue weighted by Crippen LogP contribution is 2.38. The van der Waals surface area contributed by atoms with Gasteiger partial charge in [0, 0.05) is 51.5 Å². The lowest BCUT2D eigenvalue weighted by Crippen LogP contribution is -2.11. The second-order valence-electron chi connectivity index (χ2n) is 7.80. The number of Topliss-reactive ketones (excluding diaryl/α,β-unsaturated/α-hetero) is 1. The summed E-state index contributed by atoms with van der Waals surface area (Å²) in [5.41, 5.74) is 5.67. The van der Waals surface area contributed by atoms with Crippen molar-refractivity contribution in [1.29, 1.82) is 0 Å². The van der Waals surface area contributed by atoms with Gasteiger partial charge in [0.15, 0.2) is 17.6 Å². The van der Waals surface area contributed by atoms with Gasteiger partial charge in [0.25, 0.3) is 0 Å². The van der Waals surface area contributed by atoms with Crippen molar-refractivity contribution >= 4 is 33.4 Å². The number of hydrogen-bond donors (Lipinski definition) is 0. The highest BCUT2D eigenvalue weighted by Gasteiger charge is 2.34. The van der Waals surface area contributed by atoms with Crippen LogP contribution in [0.5, 0.6) is 0 Å². The van der Waals surface area contributed by atoms with Crippen molar-refractivity contribution in [3.63, 3.8) is 0 Å². The van der Waals surface area contributed by atoms with Gasteiger partial charge in [0.05, 0.1) is 0 Å². The molecule has 1 heterocycles. The van der Waals surface area contributed by atoms with E-state index < -0.39 is 6.04 Å². The van der Waals surface area contributed by atoms with Crippen LogP contribution in [0.1, 0.15) is 44.3 Å². The van der Waals surface area contributed by atoms with Gasteiger partial charge >= 0.3 is 0 Å². The van der Waals surface area contributed by atoms with Crippen molar-refractivity contribution in [2.45, 2.75) is 32.9 Å². The SMILES string of the molecule is CCn1c2ccc(C(=O)c3ccccc3C)cc2c2c3c(ccc21)C(=O)C(N=O)C3. The first-order chi connectivity index (χ1) is 14.5. The first-order valence-corrected chi connectivity index (χ1v) is 10.1.